The predicted molar refractivity (Wildman–Crippen MR) is 81.2 cm³/mol. The van der Waals surface area contributed by atoms with Crippen molar-refractivity contribution in [3.63, 3.8) is 0 Å². The van der Waals surface area contributed by atoms with Crippen molar-refractivity contribution in [2.75, 3.05) is 11.5 Å². The highest BCUT2D eigenvalue weighted by molar-refractivity contribution is 7.91. The Morgan fingerprint density at radius 3 is 2.29 bits per heavy atom. The molecule has 1 aromatic rings. The lowest BCUT2D eigenvalue weighted by molar-refractivity contribution is -0.162. The zero-order chi connectivity index (χ0) is 18.0. The van der Waals surface area contributed by atoms with Crippen molar-refractivity contribution in [3.05, 3.63) is 35.9 Å². The molecule has 9 heteroatoms. The van der Waals surface area contributed by atoms with E-state index in [0.29, 0.717) is 0 Å². The van der Waals surface area contributed by atoms with Gasteiger partial charge in [-0.25, -0.2) is 8.42 Å². The summed E-state index contributed by atoms with van der Waals surface area (Å²) in [6.45, 7) is 0. The van der Waals surface area contributed by atoms with Gasteiger partial charge >= 0.3 is 12.1 Å². The van der Waals surface area contributed by atoms with Crippen molar-refractivity contribution < 1.29 is 31.5 Å². The van der Waals surface area contributed by atoms with Crippen LogP contribution in [0, 0.1) is 5.92 Å². The summed E-state index contributed by atoms with van der Waals surface area (Å²) in [6, 6.07) is 2.67. The summed E-state index contributed by atoms with van der Waals surface area (Å²) in [5.41, 5.74) is -0.171. The first-order valence-corrected chi connectivity index (χ1v) is 9.21. The molecule has 0 spiro atoms. The number of benzene rings is 1. The molecule has 1 fully saturated rings. The number of aliphatic carboxylic acids is 1. The zero-order valence-electron chi connectivity index (χ0n) is 12.7. The van der Waals surface area contributed by atoms with Crippen LogP contribution in [0.15, 0.2) is 30.3 Å². The van der Waals surface area contributed by atoms with Crippen LogP contribution in [0.25, 0.3) is 0 Å². The molecule has 1 aliphatic carbocycles. The van der Waals surface area contributed by atoms with E-state index >= 15 is 0 Å². The standard InChI is InChI=1S/C15H18F3NO4S/c16-15(17,18)13(11-4-2-1-3-5-11)19-12(14(20)21)9-24(22,23)8-10-6-7-10/h1-5,10,12-13,19H,6-9H2,(H,20,21)/t12-,13-/m0/s1. The first-order valence-electron chi connectivity index (χ1n) is 7.39. The number of alkyl halides is 3. The number of carboxylic acid groups (broad SMARTS) is 1. The molecular formula is C15H18F3NO4S. The Kier molecular flexibility index (Phi) is 5.54. The Morgan fingerprint density at radius 2 is 1.83 bits per heavy atom. The molecular weight excluding hydrogens is 347 g/mol. The van der Waals surface area contributed by atoms with Gasteiger partial charge in [0.05, 0.1) is 11.5 Å². The summed E-state index contributed by atoms with van der Waals surface area (Å²) in [6.07, 6.45) is -3.26. The number of hydrogen-bond donors (Lipinski definition) is 2. The fourth-order valence-corrected chi connectivity index (χ4v) is 4.32. The minimum absolute atomic E-state index is 0.00280. The molecule has 1 aromatic carbocycles. The lowest BCUT2D eigenvalue weighted by Crippen LogP contribution is -2.48. The van der Waals surface area contributed by atoms with E-state index in [1.54, 1.807) is 0 Å². The van der Waals surface area contributed by atoms with Crippen LogP contribution in [0.4, 0.5) is 13.2 Å². The second-order valence-electron chi connectivity index (χ2n) is 5.96. The quantitative estimate of drug-likeness (QED) is 0.738. The molecule has 0 saturated heterocycles. The highest BCUT2D eigenvalue weighted by Crippen LogP contribution is 2.33. The highest BCUT2D eigenvalue weighted by atomic mass is 32.2. The first kappa shape index (κ1) is 18.7. The summed E-state index contributed by atoms with van der Waals surface area (Å²) >= 11 is 0. The average Bonchev–Trinajstić information content (AvgIpc) is 3.25. The minimum Gasteiger partial charge on any atom is -0.480 e. The molecule has 1 aliphatic rings. The van der Waals surface area contributed by atoms with Gasteiger partial charge in [0, 0.05) is 0 Å². The monoisotopic (exact) mass is 365 g/mol. The second-order valence-corrected chi connectivity index (χ2v) is 8.12. The van der Waals surface area contributed by atoms with Gasteiger partial charge in [0.2, 0.25) is 0 Å². The van der Waals surface area contributed by atoms with Gasteiger partial charge in [-0.2, -0.15) is 13.2 Å². The lowest BCUT2D eigenvalue weighted by Gasteiger charge is -2.25. The van der Waals surface area contributed by atoms with Gasteiger partial charge in [-0.05, 0) is 24.3 Å². The fourth-order valence-electron chi connectivity index (χ4n) is 2.38. The van der Waals surface area contributed by atoms with E-state index < -0.39 is 39.8 Å². The maximum absolute atomic E-state index is 13.3. The lowest BCUT2D eigenvalue weighted by atomic mass is 10.1. The third-order valence-corrected chi connectivity index (χ3v) is 5.55. The Morgan fingerprint density at radius 1 is 1.25 bits per heavy atom. The largest absolute Gasteiger partial charge is 0.480 e. The molecule has 2 atom stereocenters. The number of rotatable bonds is 8. The molecule has 0 unspecified atom stereocenters. The van der Waals surface area contributed by atoms with Crippen molar-refractivity contribution in [2.45, 2.75) is 31.1 Å². The number of sulfone groups is 1. The van der Waals surface area contributed by atoms with Crippen molar-refractivity contribution >= 4 is 15.8 Å². The predicted octanol–water partition coefficient (Wildman–Crippen LogP) is 2.16. The van der Waals surface area contributed by atoms with E-state index in [9.17, 15) is 26.4 Å². The molecule has 0 heterocycles. The van der Waals surface area contributed by atoms with Gasteiger partial charge in [-0.3, -0.25) is 10.1 Å². The molecule has 0 aromatic heterocycles. The van der Waals surface area contributed by atoms with Gasteiger partial charge < -0.3 is 5.11 Å². The first-order chi connectivity index (χ1) is 11.1. The van der Waals surface area contributed by atoms with E-state index in [1.165, 1.54) is 30.3 Å². The van der Waals surface area contributed by atoms with Gasteiger partial charge in [-0.1, -0.05) is 30.3 Å². The fraction of sp³-hybridized carbons (Fsp3) is 0.533. The maximum atomic E-state index is 13.3. The number of carbonyl (C=O) groups is 1. The zero-order valence-corrected chi connectivity index (χ0v) is 13.5. The Bertz CT molecular complexity index is 672. The number of halogens is 3. The summed E-state index contributed by atoms with van der Waals surface area (Å²) in [4.78, 5) is 11.3. The molecule has 0 bridgehead atoms. The van der Waals surface area contributed by atoms with E-state index in [1.807, 2.05) is 5.32 Å². The smallest absolute Gasteiger partial charge is 0.407 e. The Labute approximate surface area is 137 Å². The average molecular weight is 365 g/mol. The van der Waals surface area contributed by atoms with Crippen LogP contribution in [-0.4, -0.2) is 43.2 Å². The third-order valence-electron chi connectivity index (χ3n) is 3.73. The summed E-state index contributed by atoms with van der Waals surface area (Å²) in [5.74, 6) is -2.67. The number of nitrogens with one attached hydrogen (secondary N) is 1. The van der Waals surface area contributed by atoms with Crippen LogP contribution < -0.4 is 5.32 Å². The maximum Gasteiger partial charge on any atom is 0.407 e. The molecule has 0 amide bonds. The molecule has 0 aliphatic heterocycles. The van der Waals surface area contributed by atoms with Crippen LogP contribution in [0.1, 0.15) is 24.4 Å². The third kappa shape index (κ3) is 5.48. The van der Waals surface area contributed by atoms with Gasteiger partial charge in [0.15, 0.2) is 9.84 Å². The molecule has 1 saturated carbocycles. The van der Waals surface area contributed by atoms with Crippen molar-refractivity contribution in [1.29, 1.82) is 0 Å². The Hall–Kier alpha value is -1.61. The van der Waals surface area contributed by atoms with E-state index in [4.69, 9.17) is 5.11 Å². The van der Waals surface area contributed by atoms with Gasteiger partial charge in [0.25, 0.3) is 0 Å². The van der Waals surface area contributed by atoms with Gasteiger partial charge in [-0.15, -0.1) is 0 Å². The molecule has 134 valence electrons. The van der Waals surface area contributed by atoms with Crippen LogP contribution in [-0.2, 0) is 14.6 Å². The number of hydrogen-bond acceptors (Lipinski definition) is 4. The van der Waals surface area contributed by atoms with Crippen LogP contribution in [0.5, 0.6) is 0 Å². The summed E-state index contributed by atoms with van der Waals surface area (Å²) in [7, 11) is -3.75. The molecule has 24 heavy (non-hydrogen) atoms. The summed E-state index contributed by atoms with van der Waals surface area (Å²) in [5, 5.41) is 11.1. The van der Waals surface area contributed by atoms with Crippen molar-refractivity contribution in [2.24, 2.45) is 5.92 Å². The highest BCUT2D eigenvalue weighted by Gasteiger charge is 2.43. The SMILES string of the molecule is O=C(O)[C@H](CS(=O)(=O)CC1CC1)N[C@@H](c1ccccc1)C(F)(F)F. The van der Waals surface area contributed by atoms with Crippen LogP contribution in [0.3, 0.4) is 0 Å². The minimum atomic E-state index is -4.75. The van der Waals surface area contributed by atoms with E-state index in [0.717, 1.165) is 12.8 Å². The van der Waals surface area contributed by atoms with Crippen molar-refractivity contribution in [1.82, 2.24) is 5.32 Å². The molecule has 2 rings (SSSR count). The van der Waals surface area contributed by atoms with Crippen molar-refractivity contribution in [3.8, 4) is 0 Å². The topological polar surface area (TPSA) is 83.5 Å². The van der Waals surface area contributed by atoms with E-state index in [-0.39, 0.29) is 17.2 Å². The Balaban J connectivity index is 2.18. The van der Waals surface area contributed by atoms with Crippen LogP contribution >= 0.6 is 0 Å². The number of carboxylic acids is 1. The van der Waals surface area contributed by atoms with Gasteiger partial charge in [0.1, 0.15) is 12.1 Å². The molecule has 5 nitrogen and oxygen atoms in total. The molecule has 0 radical (unpaired) electrons. The normalized spacial score (nSPS) is 18.1. The molecule has 2 N–H and O–H groups in total. The second kappa shape index (κ2) is 7.10. The summed E-state index contributed by atoms with van der Waals surface area (Å²) < 4.78 is 63.8. The van der Waals surface area contributed by atoms with Crippen LogP contribution in [0.2, 0.25) is 0 Å². The van der Waals surface area contributed by atoms with E-state index in [2.05, 4.69) is 0 Å².